The van der Waals surface area contributed by atoms with Gasteiger partial charge in [0, 0.05) is 43.9 Å². The molecule has 1 aromatic rings. The smallest absolute Gasteiger partial charge is 0.193 e. The first-order valence-electron chi connectivity index (χ1n) is 10.3. The average Bonchev–Trinajstić information content (AvgIpc) is 2.75. The zero-order chi connectivity index (χ0) is 19.6. The van der Waals surface area contributed by atoms with Crippen molar-refractivity contribution in [1.82, 2.24) is 10.2 Å². The lowest BCUT2D eigenvalue weighted by Gasteiger charge is -2.35. The van der Waals surface area contributed by atoms with E-state index in [1.807, 2.05) is 19.2 Å². The molecule has 0 amide bonds. The molecule has 5 nitrogen and oxygen atoms in total. The number of likely N-dealkylation sites (tertiary alicyclic amines) is 1. The van der Waals surface area contributed by atoms with Crippen molar-refractivity contribution in [3.63, 3.8) is 0 Å². The molecular weight excluding hydrogens is 504 g/mol. The number of nitrogens with one attached hydrogen (secondary N) is 1. The molecule has 1 N–H and O–H groups in total. The Morgan fingerprint density at radius 3 is 2.76 bits per heavy atom. The number of guanidine groups is 1. The van der Waals surface area contributed by atoms with Crippen molar-refractivity contribution in [2.24, 2.45) is 4.99 Å². The quantitative estimate of drug-likeness (QED) is 0.186. The van der Waals surface area contributed by atoms with Crippen LogP contribution in [0.1, 0.15) is 32.1 Å². The number of ether oxygens (including phenoxy) is 2. The molecule has 2 aliphatic rings. The lowest BCUT2D eigenvalue weighted by Crippen LogP contribution is -2.47. The monoisotopic (exact) mass is 537 g/mol. The van der Waals surface area contributed by atoms with Gasteiger partial charge in [0.05, 0.1) is 18.8 Å². The third-order valence-electron chi connectivity index (χ3n) is 5.22. The highest BCUT2D eigenvalue weighted by Gasteiger charge is 2.23. The number of piperidine rings is 1. The first-order chi connectivity index (χ1) is 13.8. The predicted molar refractivity (Wildman–Crippen MR) is 128 cm³/mol. The molecule has 0 saturated carbocycles. The molecule has 0 radical (unpaired) electrons. The van der Waals surface area contributed by atoms with Crippen LogP contribution in [0.25, 0.3) is 0 Å². The van der Waals surface area contributed by atoms with Crippen molar-refractivity contribution in [2.45, 2.75) is 49.2 Å². The summed E-state index contributed by atoms with van der Waals surface area (Å²) in [4.78, 5) is 7.38. The summed E-state index contributed by atoms with van der Waals surface area (Å²) in [6.07, 6.45) is 6.18. The summed E-state index contributed by atoms with van der Waals surface area (Å²) < 4.78 is 25.5. The lowest BCUT2D eigenvalue weighted by atomic mass is 10.1. The molecule has 8 heteroatoms. The van der Waals surface area contributed by atoms with Crippen LogP contribution in [0, 0.1) is 5.82 Å². The van der Waals surface area contributed by atoms with Gasteiger partial charge in [-0.25, -0.2) is 4.39 Å². The SMILES string of the molecule is CN=C(NCCSc1ccccc1F)N1CCC(OCC2CCCCO2)CC1.I. The van der Waals surface area contributed by atoms with E-state index in [-0.39, 0.29) is 35.9 Å². The van der Waals surface area contributed by atoms with E-state index in [0.717, 1.165) is 63.8 Å². The normalized spacial score (nSPS) is 21.0. The second-order valence-corrected chi connectivity index (χ2v) is 8.40. The Balaban J connectivity index is 0.00000300. The Kier molecular flexibility index (Phi) is 11.6. The third-order valence-corrected chi connectivity index (χ3v) is 6.27. The van der Waals surface area contributed by atoms with Gasteiger partial charge in [-0.05, 0) is 44.2 Å². The van der Waals surface area contributed by atoms with Crippen LogP contribution in [0.2, 0.25) is 0 Å². The molecule has 0 aromatic heterocycles. The number of aliphatic imine (C=N–C) groups is 1. The van der Waals surface area contributed by atoms with Crippen molar-refractivity contribution in [1.29, 1.82) is 0 Å². The molecule has 3 rings (SSSR count). The van der Waals surface area contributed by atoms with Gasteiger partial charge in [-0.3, -0.25) is 4.99 Å². The average molecular weight is 537 g/mol. The van der Waals surface area contributed by atoms with E-state index in [1.54, 1.807) is 6.07 Å². The summed E-state index contributed by atoms with van der Waals surface area (Å²) in [5.74, 6) is 1.56. The van der Waals surface area contributed by atoms with Crippen LogP contribution >= 0.6 is 35.7 Å². The number of benzene rings is 1. The first kappa shape index (κ1) is 24.7. The summed E-state index contributed by atoms with van der Waals surface area (Å²) in [7, 11) is 1.81. The number of rotatable bonds is 7. The van der Waals surface area contributed by atoms with Crippen molar-refractivity contribution < 1.29 is 13.9 Å². The standard InChI is InChI=1S/C21H32FN3O2S.HI/c1-23-21(24-11-15-28-20-8-3-2-7-19(20)22)25-12-9-17(10-13-25)27-16-18-6-4-5-14-26-18;/h2-3,7-8,17-18H,4-6,9-16H2,1H3,(H,23,24);1H. The minimum absolute atomic E-state index is 0. The van der Waals surface area contributed by atoms with Gasteiger partial charge in [-0.15, -0.1) is 35.7 Å². The van der Waals surface area contributed by atoms with E-state index in [0.29, 0.717) is 11.0 Å². The number of thioether (sulfide) groups is 1. The van der Waals surface area contributed by atoms with E-state index in [9.17, 15) is 4.39 Å². The summed E-state index contributed by atoms with van der Waals surface area (Å²) in [6.45, 7) is 4.24. The van der Waals surface area contributed by atoms with E-state index in [1.165, 1.54) is 30.7 Å². The van der Waals surface area contributed by atoms with E-state index in [2.05, 4.69) is 15.2 Å². The van der Waals surface area contributed by atoms with Crippen LogP contribution in [-0.2, 0) is 9.47 Å². The number of nitrogens with zero attached hydrogens (tertiary/aromatic N) is 2. The maximum atomic E-state index is 13.7. The van der Waals surface area contributed by atoms with Crippen LogP contribution in [0.3, 0.4) is 0 Å². The molecule has 2 saturated heterocycles. The highest BCUT2D eigenvalue weighted by Crippen LogP contribution is 2.21. The predicted octanol–water partition coefficient (Wildman–Crippen LogP) is 4.16. The molecule has 0 aliphatic carbocycles. The molecule has 2 fully saturated rings. The van der Waals surface area contributed by atoms with Crippen LogP contribution < -0.4 is 5.32 Å². The Morgan fingerprint density at radius 2 is 2.07 bits per heavy atom. The molecule has 0 bridgehead atoms. The second kappa shape index (κ2) is 13.7. The van der Waals surface area contributed by atoms with Gasteiger partial charge in [-0.2, -0.15) is 0 Å². The van der Waals surface area contributed by atoms with Crippen LogP contribution in [0.15, 0.2) is 34.2 Å². The van der Waals surface area contributed by atoms with E-state index >= 15 is 0 Å². The third kappa shape index (κ3) is 8.22. The fourth-order valence-corrected chi connectivity index (χ4v) is 4.44. The lowest BCUT2D eigenvalue weighted by molar-refractivity contribution is -0.0721. The largest absolute Gasteiger partial charge is 0.376 e. The number of halogens is 2. The van der Waals surface area contributed by atoms with Crippen molar-refractivity contribution in [3.05, 3.63) is 30.1 Å². The van der Waals surface area contributed by atoms with Crippen LogP contribution in [0.5, 0.6) is 0 Å². The fourth-order valence-electron chi connectivity index (χ4n) is 3.63. The first-order valence-corrected chi connectivity index (χ1v) is 11.3. The van der Waals surface area contributed by atoms with Gasteiger partial charge in [0.2, 0.25) is 0 Å². The summed E-state index contributed by atoms with van der Waals surface area (Å²) in [5, 5.41) is 3.40. The summed E-state index contributed by atoms with van der Waals surface area (Å²) >= 11 is 1.52. The zero-order valence-electron chi connectivity index (χ0n) is 17.1. The second-order valence-electron chi connectivity index (χ2n) is 7.26. The molecule has 1 atom stereocenters. The Hall–Kier alpha value is -0.580. The molecule has 1 unspecified atom stereocenters. The maximum Gasteiger partial charge on any atom is 0.193 e. The van der Waals surface area contributed by atoms with Crippen LogP contribution in [0.4, 0.5) is 4.39 Å². The molecule has 2 heterocycles. The van der Waals surface area contributed by atoms with E-state index in [4.69, 9.17) is 9.47 Å². The van der Waals surface area contributed by atoms with Crippen LogP contribution in [-0.4, -0.2) is 68.7 Å². The molecule has 164 valence electrons. The molecular formula is C21H33FIN3O2S. The van der Waals surface area contributed by atoms with Crippen molar-refractivity contribution in [3.8, 4) is 0 Å². The van der Waals surface area contributed by atoms with Gasteiger partial charge in [0.1, 0.15) is 5.82 Å². The topological polar surface area (TPSA) is 46.1 Å². The molecule has 0 spiro atoms. The molecule has 2 aliphatic heterocycles. The highest BCUT2D eigenvalue weighted by atomic mass is 127. The Labute approximate surface area is 195 Å². The fraction of sp³-hybridized carbons (Fsp3) is 0.667. The minimum atomic E-state index is -0.155. The zero-order valence-corrected chi connectivity index (χ0v) is 20.3. The molecule has 1 aromatic carbocycles. The Bertz CT molecular complexity index is 624. The van der Waals surface area contributed by atoms with E-state index < -0.39 is 0 Å². The van der Waals surface area contributed by atoms with Crippen molar-refractivity contribution in [2.75, 3.05) is 45.6 Å². The van der Waals surface area contributed by atoms with Gasteiger partial charge >= 0.3 is 0 Å². The van der Waals surface area contributed by atoms with Gasteiger partial charge < -0.3 is 19.7 Å². The molecule has 29 heavy (non-hydrogen) atoms. The van der Waals surface area contributed by atoms with Gasteiger partial charge in [0.25, 0.3) is 0 Å². The summed E-state index contributed by atoms with van der Waals surface area (Å²) in [5.41, 5.74) is 0. The number of hydrogen-bond acceptors (Lipinski definition) is 4. The highest BCUT2D eigenvalue weighted by molar-refractivity contribution is 14.0. The Morgan fingerprint density at radius 1 is 1.28 bits per heavy atom. The van der Waals surface area contributed by atoms with Gasteiger partial charge in [0.15, 0.2) is 5.96 Å². The minimum Gasteiger partial charge on any atom is -0.376 e. The maximum absolute atomic E-state index is 13.7. The van der Waals surface area contributed by atoms with Gasteiger partial charge in [-0.1, -0.05) is 12.1 Å². The summed E-state index contributed by atoms with van der Waals surface area (Å²) in [6, 6.07) is 6.90. The number of hydrogen-bond donors (Lipinski definition) is 1. The van der Waals surface area contributed by atoms with Crippen molar-refractivity contribution >= 4 is 41.7 Å².